The van der Waals surface area contributed by atoms with Gasteiger partial charge in [0.15, 0.2) is 6.61 Å². The number of hydrogen-bond donors (Lipinski definition) is 1. The molecule has 0 atom stereocenters. The average molecular weight is 161 g/mol. The van der Waals surface area contributed by atoms with Gasteiger partial charge in [0.25, 0.3) is 5.91 Å². The second kappa shape index (κ2) is 6.98. The van der Waals surface area contributed by atoms with Gasteiger partial charge in [0, 0.05) is 12.8 Å². The van der Waals surface area contributed by atoms with Crippen molar-refractivity contribution in [1.29, 1.82) is 0 Å². The molecule has 0 aliphatic heterocycles. The van der Waals surface area contributed by atoms with Gasteiger partial charge in [-0.3, -0.25) is 4.79 Å². The van der Waals surface area contributed by atoms with Crippen LogP contribution in [0.25, 0.3) is 0 Å². The Bertz CT molecular complexity index is 139. The maximum atomic E-state index is 11.5. The standard InChI is InChI=1S/C6H11FN2O2/c1-2-9-11-5-6(10)8-4-3-7/h2H,3-5H2,1H3,(H,8,10)/i7-1. The third-order valence-corrected chi connectivity index (χ3v) is 0.792. The van der Waals surface area contributed by atoms with Gasteiger partial charge in [-0.15, -0.1) is 0 Å². The largest absolute Gasteiger partial charge is 0.386 e. The van der Waals surface area contributed by atoms with Gasteiger partial charge in [-0.1, -0.05) is 5.16 Å². The van der Waals surface area contributed by atoms with Crippen molar-refractivity contribution in [2.45, 2.75) is 6.92 Å². The van der Waals surface area contributed by atoms with Gasteiger partial charge in [0.2, 0.25) is 0 Å². The van der Waals surface area contributed by atoms with Gasteiger partial charge < -0.3 is 10.2 Å². The summed E-state index contributed by atoms with van der Waals surface area (Å²) in [6.07, 6.45) is 1.42. The quantitative estimate of drug-likeness (QED) is 0.459. The van der Waals surface area contributed by atoms with Crippen LogP contribution in [0.2, 0.25) is 0 Å². The summed E-state index contributed by atoms with van der Waals surface area (Å²) in [5.74, 6) is -0.367. The first-order valence-electron chi connectivity index (χ1n) is 3.24. The maximum Gasteiger partial charge on any atom is 0.260 e. The molecule has 0 rings (SSSR count). The second-order valence-corrected chi connectivity index (χ2v) is 1.68. The molecule has 0 aliphatic carbocycles. The zero-order valence-corrected chi connectivity index (χ0v) is 6.34. The smallest absolute Gasteiger partial charge is 0.260 e. The number of rotatable bonds is 5. The van der Waals surface area contributed by atoms with Crippen LogP contribution in [0.4, 0.5) is 4.39 Å². The minimum absolute atomic E-state index is 0.0258. The van der Waals surface area contributed by atoms with Crippen molar-refractivity contribution in [1.82, 2.24) is 5.32 Å². The van der Waals surface area contributed by atoms with E-state index in [0.717, 1.165) is 0 Å². The van der Waals surface area contributed by atoms with E-state index in [0.29, 0.717) is 0 Å². The van der Waals surface area contributed by atoms with Crippen molar-refractivity contribution in [3.05, 3.63) is 0 Å². The lowest BCUT2D eigenvalue weighted by molar-refractivity contribution is -0.125. The third kappa shape index (κ3) is 6.76. The molecule has 0 unspecified atom stereocenters. The van der Waals surface area contributed by atoms with Crippen molar-refractivity contribution >= 4 is 12.1 Å². The summed E-state index contributed by atoms with van der Waals surface area (Å²) in [4.78, 5) is 15.1. The Morgan fingerprint density at radius 1 is 1.82 bits per heavy atom. The Kier molecular flexibility index (Phi) is 6.27. The lowest BCUT2D eigenvalue weighted by Crippen LogP contribution is -2.28. The van der Waals surface area contributed by atoms with E-state index in [-0.39, 0.29) is 19.1 Å². The highest BCUT2D eigenvalue weighted by Gasteiger charge is 1.98. The van der Waals surface area contributed by atoms with E-state index >= 15 is 0 Å². The predicted octanol–water partition coefficient (Wildman–Crippen LogP) is 0.0944. The Hall–Kier alpha value is -1.13. The fourth-order valence-corrected chi connectivity index (χ4v) is 0.408. The molecule has 0 heterocycles. The van der Waals surface area contributed by atoms with E-state index in [1.54, 1.807) is 6.92 Å². The summed E-state index contributed by atoms with van der Waals surface area (Å²) in [6.45, 7) is 0.963. The highest BCUT2D eigenvalue weighted by Crippen LogP contribution is 1.74. The molecule has 11 heavy (non-hydrogen) atoms. The maximum absolute atomic E-state index is 11.5. The molecular weight excluding hydrogens is 150 g/mol. The molecule has 0 aliphatic rings. The SMILES string of the molecule is CC=NOCC(=O)NCC[18F]. The van der Waals surface area contributed by atoms with Crippen LogP contribution in [-0.4, -0.2) is 31.9 Å². The van der Waals surface area contributed by atoms with E-state index in [1.807, 2.05) is 0 Å². The molecule has 64 valence electrons. The number of oxime groups is 1. The summed E-state index contributed by atoms with van der Waals surface area (Å²) in [7, 11) is 0. The van der Waals surface area contributed by atoms with Gasteiger partial charge in [-0.25, -0.2) is 4.39 Å². The van der Waals surface area contributed by atoms with Gasteiger partial charge in [-0.2, -0.15) is 0 Å². The average Bonchev–Trinajstić information content (AvgIpc) is 2.01. The van der Waals surface area contributed by atoms with Crippen molar-refractivity contribution in [3.63, 3.8) is 0 Å². The molecule has 5 heteroatoms. The Morgan fingerprint density at radius 3 is 3.09 bits per heavy atom. The van der Waals surface area contributed by atoms with Gasteiger partial charge >= 0.3 is 0 Å². The fourth-order valence-electron chi connectivity index (χ4n) is 0.408. The first-order chi connectivity index (χ1) is 5.31. The molecule has 0 saturated carbocycles. The van der Waals surface area contributed by atoms with Crippen LogP contribution >= 0.6 is 0 Å². The minimum atomic E-state index is -0.567. The normalized spacial score (nSPS) is 10.0. The first kappa shape index (κ1) is 9.87. The van der Waals surface area contributed by atoms with Crippen LogP contribution in [0.15, 0.2) is 5.16 Å². The highest BCUT2D eigenvalue weighted by atomic mass is 18.2. The van der Waals surface area contributed by atoms with Gasteiger partial charge in [0.1, 0.15) is 6.67 Å². The molecule has 4 nitrogen and oxygen atoms in total. The molecule has 0 saturated heterocycles. The number of alkyl halides is 1. The first-order valence-corrected chi connectivity index (χ1v) is 3.24. The van der Waals surface area contributed by atoms with Crippen LogP contribution in [0.5, 0.6) is 0 Å². The van der Waals surface area contributed by atoms with E-state index in [2.05, 4.69) is 15.3 Å². The number of amides is 1. The summed E-state index contributed by atoms with van der Waals surface area (Å²) in [6, 6.07) is 0. The molecule has 1 N–H and O–H groups in total. The molecule has 0 bridgehead atoms. The number of nitrogens with zero attached hydrogens (tertiary/aromatic N) is 1. The number of halogens is 1. The second-order valence-electron chi connectivity index (χ2n) is 1.68. The van der Waals surface area contributed by atoms with Gasteiger partial charge in [0.05, 0.1) is 0 Å². The minimum Gasteiger partial charge on any atom is -0.386 e. The van der Waals surface area contributed by atoms with Crippen LogP contribution in [0.3, 0.4) is 0 Å². The van der Waals surface area contributed by atoms with E-state index in [1.165, 1.54) is 6.21 Å². The van der Waals surface area contributed by atoms with Crippen LogP contribution in [-0.2, 0) is 9.63 Å². The third-order valence-electron chi connectivity index (χ3n) is 0.792. The lowest BCUT2D eigenvalue weighted by Gasteiger charge is -1.99. The number of nitrogens with one attached hydrogen (secondary N) is 1. The van der Waals surface area contributed by atoms with Crippen molar-refractivity contribution < 1.29 is 14.0 Å². The van der Waals surface area contributed by atoms with Crippen molar-refractivity contribution in [2.24, 2.45) is 5.16 Å². The van der Waals surface area contributed by atoms with Crippen LogP contribution in [0.1, 0.15) is 6.92 Å². The zero-order chi connectivity index (χ0) is 8.53. The van der Waals surface area contributed by atoms with Crippen LogP contribution in [0, 0.1) is 0 Å². The van der Waals surface area contributed by atoms with E-state index < -0.39 is 6.67 Å². The number of carbonyl (C=O) groups is 1. The predicted molar refractivity (Wildman–Crippen MR) is 39.1 cm³/mol. The Labute approximate surface area is 64.4 Å². The zero-order valence-electron chi connectivity index (χ0n) is 6.34. The lowest BCUT2D eigenvalue weighted by atomic mass is 10.6. The van der Waals surface area contributed by atoms with Crippen molar-refractivity contribution in [2.75, 3.05) is 19.8 Å². The summed E-state index contributed by atoms with van der Waals surface area (Å²) in [5, 5.41) is 5.62. The number of carbonyl (C=O) groups excluding carboxylic acids is 1. The molecular formula is C6H11FN2O2. The summed E-state index contributed by atoms with van der Waals surface area (Å²) < 4.78 is 11.5. The monoisotopic (exact) mass is 161 g/mol. The summed E-state index contributed by atoms with van der Waals surface area (Å²) in [5.41, 5.74) is 0. The molecule has 1 amide bonds. The summed E-state index contributed by atoms with van der Waals surface area (Å²) >= 11 is 0. The van der Waals surface area contributed by atoms with Crippen LogP contribution < -0.4 is 5.32 Å². The Balaban J connectivity index is 3.22. The topological polar surface area (TPSA) is 50.7 Å². The fraction of sp³-hybridized carbons (Fsp3) is 0.667. The molecule has 0 spiro atoms. The molecule has 0 aromatic rings. The molecule has 0 radical (unpaired) electrons. The molecule has 0 aromatic heterocycles. The molecule has 0 fully saturated rings. The van der Waals surface area contributed by atoms with E-state index in [9.17, 15) is 9.18 Å². The highest BCUT2D eigenvalue weighted by molar-refractivity contribution is 5.77. The van der Waals surface area contributed by atoms with Crippen molar-refractivity contribution in [3.8, 4) is 0 Å². The molecule has 0 aromatic carbocycles. The van der Waals surface area contributed by atoms with E-state index in [4.69, 9.17) is 0 Å². The Morgan fingerprint density at radius 2 is 2.55 bits per heavy atom. The number of hydrogen-bond acceptors (Lipinski definition) is 3. The van der Waals surface area contributed by atoms with Gasteiger partial charge in [-0.05, 0) is 6.92 Å².